The first kappa shape index (κ1) is 16.2. The maximum atomic E-state index is 11.5. The van der Waals surface area contributed by atoms with Gasteiger partial charge in [-0.2, -0.15) is 0 Å². The first-order valence-electron chi connectivity index (χ1n) is 5.23. The first-order chi connectivity index (χ1) is 8.62. The molecule has 7 nitrogen and oxygen atoms in total. The molecule has 10 heteroatoms. The highest BCUT2D eigenvalue weighted by molar-refractivity contribution is 8.01. The van der Waals surface area contributed by atoms with Crippen LogP contribution in [-0.2, 0) is 14.6 Å². The van der Waals surface area contributed by atoms with E-state index in [0.717, 1.165) is 11.8 Å². The lowest BCUT2D eigenvalue weighted by molar-refractivity contribution is -0.133. The Labute approximate surface area is 119 Å². The summed E-state index contributed by atoms with van der Waals surface area (Å²) >= 11 is 2.27. The van der Waals surface area contributed by atoms with Gasteiger partial charge in [-0.05, 0) is 13.8 Å². The van der Waals surface area contributed by atoms with Crippen LogP contribution in [-0.4, -0.2) is 53.0 Å². The third kappa shape index (κ3) is 4.96. The van der Waals surface area contributed by atoms with Crippen LogP contribution in [0.5, 0.6) is 0 Å². The van der Waals surface area contributed by atoms with E-state index >= 15 is 0 Å². The van der Waals surface area contributed by atoms with Crippen molar-refractivity contribution in [2.24, 2.45) is 0 Å². The zero-order valence-corrected chi connectivity index (χ0v) is 13.2. The van der Waals surface area contributed by atoms with Crippen LogP contribution in [0.25, 0.3) is 0 Å². The topological polar surface area (TPSA) is 109 Å². The number of thioether (sulfide) groups is 1. The standard InChI is InChI=1S/C9H15N3O4S3/c1-9(2,19(3,15)16)5-10-7-11-12-8(18-7)17-4-6(13)14/h4-5H2,1-3H3,(H,10,11)(H,13,14). The molecule has 1 heterocycles. The Morgan fingerprint density at radius 3 is 2.63 bits per heavy atom. The summed E-state index contributed by atoms with van der Waals surface area (Å²) in [7, 11) is -3.18. The fourth-order valence-electron chi connectivity index (χ4n) is 0.883. The molecule has 0 aliphatic rings. The van der Waals surface area contributed by atoms with Gasteiger partial charge in [0.05, 0.1) is 10.5 Å². The highest BCUT2D eigenvalue weighted by Crippen LogP contribution is 2.26. The molecule has 0 saturated heterocycles. The second-order valence-corrected chi connectivity index (χ2v) is 9.29. The van der Waals surface area contributed by atoms with Gasteiger partial charge in [0, 0.05) is 12.8 Å². The zero-order valence-electron chi connectivity index (χ0n) is 10.7. The monoisotopic (exact) mass is 325 g/mol. The van der Waals surface area contributed by atoms with Crippen molar-refractivity contribution in [3.8, 4) is 0 Å². The first-order valence-corrected chi connectivity index (χ1v) is 8.93. The van der Waals surface area contributed by atoms with Crippen LogP contribution >= 0.6 is 23.1 Å². The molecule has 0 aromatic carbocycles. The van der Waals surface area contributed by atoms with Gasteiger partial charge in [0.1, 0.15) is 0 Å². The van der Waals surface area contributed by atoms with E-state index in [1.165, 1.54) is 17.6 Å². The summed E-state index contributed by atoms with van der Waals surface area (Å²) < 4.78 is 22.6. The number of nitrogens with one attached hydrogen (secondary N) is 1. The van der Waals surface area contributed by atoms with Crippen LogP contribution in [0.15, 0.2) is 4.34 Å². The summed E-state index contributed by atoms with van der Waals surface area (Å²) in [6.07, 6.45) is 1.18. The lowest BCUT2D eigenvalue weighted by Crippen LogP contribution is -2.38. The fraction of sp³-hybridized carbons (Fsp3) is 0.667. The van der Waals surface area contributed by atoms with Crippen LogP contribution in [0, 0.1) is 0 Å². The Morgan fingerprint density at radius 1 is 1.47 bits per heavy atom. The summed E-state index contributed by atoms with van der Waals surface area (Å²) in [6, 6.07) is 0. The highest BCUT2D eigenvalue weighted by atomic mass is 32.2. The van der Waals surface area contributed by atoms with Crippen LogP contribution in [0.4, 0.5) is 5.13 Å². The van der Waals surface area contributed by atoms with E-state index in [1.807, 2.05) is 0 Å². The van der Waals surface area contributed by atoms with Crippen LogP contribution < -0.4 is 5.32 Å². The average molecular weight is 325 g/mol. The predicted molar refractivity (Wildman–Crippen MR) is 75.7 cm³/mol. The number of hydrogen-bond acceptors (Lipinski definition) is 8. The minimum Gasteiger partial charge on any atom is -0.481 e. The van der Waals surface area contributed by atoms with Crippen molar-refractivity contribution in [3.63, 3.8) is 0 Å². The quantitative estimate of drug-likeness (QED) is 0.713. The van der Waals surface area contributed by atoms with Crippen molar-refractivity contribution in [2.45, 2.75) is 22.9 Å². The molecule has 0 unspecified atom stereocenters. The van der Waals surface area contributed by atoms with Gasteiger partial charge in [-0.25, -0.2) is 8.42 Å². The van der Waals surface area contributed by atoms with Gasteiger partial charge >= 0.3 is 5.97 Å². The zero-order chi connectivity index (χ0) is 14.7. The van der Waals surface area contributed by atoms with E-state index in [0.29, 0.717) is 9.47 Å². The molecule has 1 aromatic rings. The second-order valence-electron chi connectivity index (χ2n) is 4.44. The number of carbonyl (C=O) groups is 1. The summed E-state index contributed by atoms with van der Waals surface area (Å²) in [5.74, 6) is -1.00. The number of sulfone groups is 1. The lowest BCUT2D eigenvalue weighted by atomic mass is 10.2. The number of carboxylic acid groups (broad SMARTS) is 1. The third-order valence-electron chi connectivity index (χ3n) is 2.39. The summed E-state index contributed by atoms with van der Waals surface area (Å²) in [5, 5.41) is 19.6. The van der Waals surface area contributed by atoms with Gasteiger partial charge in [-0.3, -0.25) is 4.79 Å². The molecular weight excluding hydrogens is 310 g/mol. The minimum atomic E-state index is -3.18. The van der Waals surface area contributed by atoms with Crippen molar-refractivity contribution < 1.29 is 18.3 Å². The largest absolute Gasteiger partial charge is 0.481 e. The number of aromatic nitrogens is 2. The minimum absolute atomic E-state index is 0.0799. The molecule has 0 spiro atoms. The molecule has 0 bridgehead atoms. The van der Waals surface area contributed by atoms with Crippen LogP contribution in [0.2, 0.25) is 0 Å². The number of nitrogens with zero attached hydrogens (tertiary/aromatic N) is 2. The smallest absolute Gasteiger partial charge is 0.313 e. The number of aliphatic carboxylic acids is 1. The molecule has 108 valence electrons. The van der Waals surface area contributed by atoms with Crippen molar-refractivity contribution in [3.05, 3.63) is 0 Å². The Morgan fingerprint density at radius 2 is 2.11 bits per heavy atom. The Hall–Kier alpha value is -0.870. The Kier molecular flexibility index (Phi) is 5.16. The molecule has 1 aromatic heterocycles. The highest BCUT2D eigenvalue weighted by Gasteiger charge is 2.30. The third-order valence-corrected chi connectivity index (χ3v) is 6.55. The van der Waals surface area contributed by atoms with Crippen molar-refractivity contribution in [1.82, 2.24) is 10.2 Å². The van der Waals surface area contributed by atoms with Crippen molar-refractivity contribution >= 4 is 44.0 Å². The van der Waals surface area contributed by atoms with Gasteiger partial charge in [-0.15, -0.1) is 10.2 Å². The van der Waals surface area contributed by atoms with Gasteiger partial charge in [0.25, 0.3) is 0 Å². The number of carboxylic acids is 1. The molecule has 0 radical (unpaired) electrons. The van der Waals surface area contributed by atoms with E-state index in [-0.39, 0.29) is 12.3 Å². The maximum absolute atomic E-state index is 11.5. The lowest BCUT2D eigenvalue weighted by Gasteiger charge is -2.22. The van der Waals surface area contributed by atoms with E-state index in [1.54, 1.807) is 13.8 Å². The molecule has 0 atom stereocenters. The maximum Gasteiger partial charge on any atom is 0.313 e. The molecule has 1 rings (SSSR count). The van der Waals surface area contributed by atoms with E-state index in [4.69, 9.17) is 5.11 Å². The summed E-state index contributed by atoms with van der Waals surface area (Å²) in [4.78, 5) is 10.4. The fourth-order valence-corrected chi connectivity index (χ4v) is 2.68. The molecule has 0 amide bonds. The van der Waals surface area contributed by atoms with E-state index in [9.17, 15) is 13.2 Å². The van der Waals surface area contributed by atoms with Crippen LogP contribution in [0.3, 0.4) is 0 Å². The second kappa shape index (κ2) is 6.06. The number of anilines is 1. The molecule has 0 saturated carbocycles. The van der Waals surface area contributed by atoms with Crippen LogP contribution in [0.1, 0.15) is 13.8 Å². The summed E-state index contributed by atoms with van der Waals surface area (Å²) in [5.41, 5.74) is 0. The number of rotatable bonds is 7. The Bertz CT molecular complexity index is 553. The summed E-state index contributed by atoms with van der Waals surface area (Å²) in [6.45, 7) is 3.46. The van der Waals surface area contributed by atoms with Gasteiger partial charge in [0.15, 0.2) is 14.2 Å². The molecule has 0 aliphatic carbocycles. The predicted octanol–water partition coefficient (Wildman–Crippen LogP) is 0.950. The average Bonchev–Trinajstić information content (AvgIpc) is 2.70. The molecule has 2 N–H and O–H groups in total. The van der Waals surface area contributed by atoms with Gasteiger partial charge in [0.2, 0.25) is 5.13 Å². The van der Waals surface area contributed by atoms with Gasteiger partial charge < -0.3 is 10.4 Å². The van der Waals surface area contributed by atoms with E-state index in [2.05, 4.69) is 15.5 Å². The molecular formula is C9H15N3O4S3. The Balaban J connectivity index is 2.58. The SMILES string of the molecule is CC(C)(CNc1nnc(SCC(=O)O)s1)S(C)(=O)=O. The normalized spacial score (nSPS) is 12.4. The molecule has 0 aliphatic heterocycles. The van der Waals surface area contributed by atoms with Crippen molar-refractivity contribution in [2.75, 3.05) is 23.9 Å². The van der Waals surface area contributed by atoms with E-state index < -0.39 is 20.6 Å². The molecule has 0 fully saturated rings. The molecule has 19 heavy (non-hydrogen) atoms. The van der Waals surface area contributed by atoms with Gasteiger partial charge in [-0.1, -0.05) is 23.1 Å². The number of hydrogen-bond donors (Lipinski definition) is 2. The van der Waals surface area contributed by atoms with Crippen molar-refractivity contribution in [1.29, 1.82) is 0 Å².